The lowest BCUT2D eigenvalue weighted by atomic mass is 10.0. The Hall–Kier alpha value is -3.71. The molecule has 0 aliphatic carbocycles. The molecule has 1 N–H and O–H groups in total. The normalized spacial score (nSPS) is 10.7. The van der Waals surface area contributed by atoms with E-state index in [4.69, 9.17) is 0 Å². The van der Waals surface area contributed by atoms with E-state index >= 15 is 0 Å². The molecule has 2 aromatic heterocycles. The van der Waals surface area contributed by atoms with Gasteiger partial charge < -0.3 is 5.32 Å². The van der Waals surface area contributed by atoms with Crippen molar-refractivity contribution in [2.24, 2.45) is 0 Å². The Morgan fingerprint density at radius 1 is 0.968 bits per heavy atom. The molecule has 1 amide bonds. The van der Waals surface area contributed by atoms with Crippen molar-refractivity contribution in [1.29, 1.82) is 0 Å². The summed E-state index contributed by atoms with van der Waals surface area (Å²) in [5.41, 5.74) is 2.05. The molecule has 4 nitrogen and oxygen atoms in total. The zero-order valence-corrected chi connectivity index (χ0v) is 17.2. The molecule has 0 fully saturated rings. The van der Waals surface area contributed by atoms with Gasteiger partial charge in [-0.1, -0.05) is 18.2 Å². The number of halogens is 2. The van der Waals surface area contributed by atoms with Gasteiger partial charge in [0.05, 0.1) is 4.88 Å². The summed E-state index contributed by atoms with van der Waals surface area (Å²) in [7, 11) is 0. The maximum atomic E-state index is 13.8. The van der Waals surface area contributed by atoms with Crippen molar-refractivity contribution in [3.63, 3.8) is 0 Å². The van der Waals surface area contributed by atoms with E-state index in [9.17, 15) is 18.4 Å². The number of rotatable bonds is 5. The Kier molecular flexibility index (Phi) is 5.68. The fraction of sp³-hybridized carbons (Fsp3) is 0.0417. The minimum absolute atomic E-state index is 0.0942. The van der Waals surface area contributed by atoms with E-state index in [0.717, 1.165) is 28.1 Å². The Labute approximate surface area is 181 Å². The zero-order valence-electron chi connectivity index (χ0n) is 16.4. The fourth-order valence-corrected chi connectivity index (χ4v) is 4.17. The molecule has 2 aromatic carbocycles. The minimum atomic E-state index is -0.922. The van der Waals surface area contributed by atoms with Crippen molar-refractivity contribution >= 4 is 28.7 Å². The van der Waals surface area contributed by atoms with Crippen LogP contribution in [-0.2, 0) is 0 Å². The molecule has 0 aliphatic rings. The van der Waals surface area contributed by atoms with E-state index in [-0.39, 0.29) is 5.78 Å². The molecule has 0 saturated carbocycles. The number of aryl methyl sites for hydroxylation is 1. The molecular formula is C24H16F2N2O2S. The number of aromatic nitrogens is 1. The molecule has 0 aliphatic heterocycles. The minimum Gasteiger partial charge on any atom is -0.322 e. The maximum Gasteiger partial charge on any atom is 0.261 e. The number of benzene rings is 2. The number of nitrogens with one attached hydrogen (secondary N) is 1. The third-order valence-corrected chi connectivity index (χ3v) is 5.76. The smallest absolute Gasteiger partial charge is 0.261 e. The standard InChI is InChI=1S/C24H16F2N2O2S/c1-14-18(12-21(31-14)23(29)16-4-3-11-27-13-16)15-7-9-17(10-8-15)28-24(30)22-19(25)5-2-6-20(22)26/h2-13H,1H3,(H,28,30). The number of carbonyl (C=O) groups is 2. The van der Waals surface area contributed by atoms with Crippen LogP contribution < -0.4 is 5.32 Å². The van der Waals surface area contributed by atoms with Crippen LogP contribution in [0.5, 0.6) is 0 Å². The number of thiophene rings is 1. The molecule has 0 radical (unpaired) electrons. The summed E-state index contributed by atoms with van der Waals surface area (Å²) in [4.78, 5) is 30.5. The van der Waals surface area contributed by atoms with Gasteiger partial charge in [0.25, 0.3) is 5.91 Å². The van der Waals surface area contributed by atoms with Gasteiger partial charge in [-0.05, 0) is 60.5 Å². The van der Waals surface area contributed by atoms with Gasteiger partial charge in [0.1, 0.15) is 17.2 Å². The number of amides is 1. The van der Waals surface area contributed by atoms with Gasteiger partial charge in [-0.2, -0.15) is 0 Å². The number of pyridine rings is 1. The third kappa shape index (κ3) is 4.27. The first-order chi connectivity index (χ1) is 14.9. The lowest BCUT2D eigenvalue weighted by Gasteiger charge is -2.08. The highest BCUT2D eigenvalue weighted by Gasteiger charge is 2.18. The first-order valence-corrected chi connectivity index (χ1v) is 10.2. The number of anilines is 1. The maximum absolute atomic E-state index is 13.8. The molecule has 0 unspecified atom stereocenters. The predicted octanol–water partition coefficient (Wildman–Crippen LogP) is 5.88. The molecule has 2 heterocycles. The Morgan fingerprint density at radius 2 is 1.68 bits per heavy atom. The van der Waals surface area contributed by atoms with Crippen LogP contribution in [0.25, 0.3) is 11.1 Å². The van der Waals surface area contributed by atoms with E-state index in [0.29, 0.717) is 16.1 Å². The summed E-state index contributed by atoms with van der Waals surface area (Å²) in [6.45, 7) is 1.93. The van der Waals surface area contributed by atoms with Gasteiger partial charge in [-0.25, -0.2) is 8.78 Å². The van der Waals surface area contributed by atoms with E-state index in [1.807, 2.05) is 13.0 Å². The molecule has 4 rings (SSSR count). The van der Waals surface area contributed by atoms with Crippen LogP contribution in [0.3, 0.4) is 0 Å². The van der Waals surface area contributed by atoms with Gasteiger partial charge in [-0.15, -0.1) is 11.3 Å². The van der Waals surface area contributed by atoms with E-state index in [1.165, 1.54) is 23.6 Å². The average Bonchev–Trinajstić information content (AvgIpc) is 3.16. The van der Waals surface area contributed by atoms with Gasteiger partial charge in [0, 0.05) is 28.5 Å². The van der Waals surface area contributed by atoms with Gasteiger partial charge >= 0.3 is 0 Å². The summed E-state index contributed by atoms with van der Waals surface area (Å²) < 4.78 is 27.6. The molecule has 7 heteroatoms. The molecule has 31 heavy (non-hydrogen) atoms. The van der Waals surface area contributed by atoms with Gasteiger partial charge in [-0.3, -0.25) is 14.6 Å². The summed E-state index contributed by atoms with van der Waals surface area (Å²) in [6.07, 6.45) is 3.15. The number of carbonyl (C=O) groups excluding carboxylic acids is 2. The topological polar surface area (TPSA) is 59.1 Å². The molecule has 154 valence electrons. The Morgan fingerprint density at radius 3 is 2.32 bits per heavy atom. The van der Waals surface area contributed by atoms with Gasteiger partial charge in [0.15, 0.2) is 0 Å². The quantitative estimate of drug-likeness (QED) is 0.399. The second-order valence-corrected chi connectivity index (χ2v) is 8.04. The van der Waals surface area contributed by atoms with Crippen molar-refractivity contribution in [2.75, 3.05) is 5.32 Å². The van der Waals surface area contributed by atoms with Crippen LogP contribution in [0, 0.1) is 18.6 Å². The Balaban J connectivity index is 1.54. The lowest BCUT2D eigenvalue weighted by Crippen LogP contribution is -2.15. The van der Waals surface area contributed by atoms with E-state index in [1.54, 1.807) is 42.6 Å². The first kappa shape index (κ1) is 20.6. The number of nitrogens with zero attached hydrogens (tertiary/aromatic N) is 1. The van der Waals surface area contributed by atoms with Crippen LogP contribution >= 0.6 is 11.3 Å². The lowest BCUT2D eigenvalue weighted by molar-refractivity contribution is 0.101. The van der Waals surface area contributed by atoms with Crippen molar-refractivity contribution in [1.82, 2.24) is 4.98 Å². The number of ketones is 1. The monoisotopic (exact) mass is 434 g/mol. The molecule has 0 spiro atoms. The second kappa shape index (κ2) is 8.57. The van der Waals surface area contributed by atoms with Crippen LogP contribution in [-0.4, -0.2) is 16.7 Å². The fourth-order valence-electron chi connectivity index (χ4n) is 3.16. The molecule has 0 atom stereocenters. The summed E-state index contributed by atoms with van der Waals surface area (Å²) in [5, 5.41) is 2.50. The van der Waals surface area contributed by atoms with Gasteiger partial charge in [0.2, 0.25) is 5.78 Å². The molecule has 0 bridgehead atoms. The van der Waals surface area contributed by atoms with Crippen LogP contribution in [0.2, 0.25) is 0 Å². The average molecular weight is 434 g/mol. The molecular weight excluding hydrogens is 418 g/mol. The molecule has 0 saturated heterocycles. The molecule has 4 aromatic rings. The zero-order chi connectivity index (χ0) is 22.0. The SMILES string of the molecule is Cc1sc(C(=O)c2cccnc2)cc1-c1ccc(NC(=O)c2c(F)cccc2F)cc1. The van der Waals surface area contributed by atoms with Crippen LogP contribution in [0.4, 0.5) is 14.5 Å². The highest BCUT2D eigenvalue weighted by Crippen LogP contribution is 2.33. The van der Waals surface area contributed by atoms with E-state index in [2.05, 4.69) is 10.3 Å². The second-order valence-electron chi connectivity index (χ2n) is 6.78. The number of hydrogen-bond donors (Lipinski definition) is 1. The summed E-state index contributed by atoms with van der Waals surface area (Å²) >= 11 is 1.40. The number of hydrogen-bond acceptors (Lipinski definition) is 4. The van der Waals surface area contributed by atoms with Crippen molar-refractivity contribution in [3.05, 3.63) is 106 Å². The summed E-state index contributed by atoms with van der Waals surface area (Å²) in [5.74, 6) is -2.80. The van der Waals surface area contributed by atoms with E-state index < -0.39 is 23.1 Å². The van der Waals surface area contributed by atoms with Crippen molar-refractivity contribution in [2.45, 2.75) is 6.92 Å². The highest BCUT2D eigenvalue weighted by molar-refractivity contribution is 7.14. The Bertz CT molecular complexity index is 1250. The van der Waals surface area contributed by atoms with Crippen molar-refractivity contribution in [3.8, 4) is 11.1 Å². The van der Waals surface area contributed by atoms with Crippen LogP contribution in [0.15, 0.2) is 73.1 Å². The first-order valence-electron chi connectivity index (χ1n) is 9.35. The summed E-state index contributed by atoms with van der Waals surface area (Å²) in [6, 6.07) is 15.4. The highest BCUT2D eigenvalue weighted by atomic mass is 32.1. The largest absolute Gasteiger partial charge is 0.322 e. The predicted molar refractivity (Wildman–Crippen MR) is 116 cm³/mol. The van der Waals surface area contributed by atoms with Crippen LogP contribution in [0.1, 0.15) is 30.5 Å². The third-order valence-electron chi connectivity index (χ3n) is 4.71. The van der Waals surface area contributed by atoms with Crippen molar-refractivity contribution < 1.29 is 18.4 Å².